The molecule has 0 atom stereocenters. The minimum absolute atomic E-state index is 0.270. The Morgan fingerprint density at radius 2 is 2.04 bits per heavy atom. The van der Waals surface area contributed by atoms with Crippen LogP contribution >= 0.6 is 22.7 Å². The number of rotatable bonds is 4. The fraction of sp³-hybridized carbons (Fsp3) is 0.211. The van der Waals surface area contributed by atoms with Crippen molar-refractivity contribution in [1.29, 1.82) is 5.26 Å². The Labute approximate surface area is 166 Å². The average molecular weight is 417 g/mol. The highest BCUT2D eigenvalue weighted by atomic mass is 32.2. The van der Waals surface area contributed by atoms with Gasteiger partial charge in [0, 0.05) is 9.75 Å². The number of fused-ring (bicyclic) bond motifs is 1. The van der Waals surface area contributed by atoms with Gasteiger partial charge in [-0.25, -0.2) is 8.42 Å². The molecule has 3 heterocycles. The van der Waals surface area contributed by atoms with E-state index in [-0.39, 0.29) is 6.54 Å². The van der Waals surface area contributed by atoms with Gasteiger partial charge < -0.3 is 4.74 Å². The number of ether oxygens (including phenoxy) is 1. The minimum atomic E-state index is -3.64. The molecule has 0 N–H and O–H groups in total. The lowest BCUT2D eigenvalue weighted by atomic mass is 10.1. The molecule has 2 aromatic heterocycles. The van der Waals surface area contributed by atoms with Crippen LogP contribution in [0.5, 0.6) is 5.75 Å². The van der Waals surface area contributed by atoms with Crippen LogP contribution in [-0.4, -0.2) is 21.6 Å². The predicted octanol–water partition coefficient (Wildman–Crippen LogP) is 4.50. The first-order valence-electron chi connectivity index (χ1n) is 8.41. The molecule has 3 aromatic rings. The smallest absolute Gasteiger partial charge is 0.274 e. The lowest BCUT2D eigenvalue weighted by molar-refractivity contribution is 0.316. The van der Waals surface area contributed by atoms with Crippen LogP contribution in [0.3, 0.4) is 0 Å². The van der Waals surface area contributed by atoms with Gasteiger partial charge in [-0.05, 0) is 54.4 Å². The minimum Gasteiger partial charge on any atom is -0.489 e. The number of nitrogens with zero attached hydrogens (tertiary/aromatic N) is 2. The molecule has 0 aliphatic carbocycles. The van der Waals surface area contributed by atoms with Crippen LogP contribution in [0.15, 0.2) is 46.7 Å². The van der Waals surface area contributed by atoms with Crippen LogP contribution < -0.4 is 9.04 Å². The van der Waals surface area contributed by atoms with Crippen molar-refractivity contribution in [1.82, 2.24) is 0 Å². The number of hydrogen-bond acceptors (Lipinski definition) is 6. The molecule has 27 heavy (non-hydrogen) atoms. The average Bonchev–Trinajstić information content (AvgIpc) is 3.36. The monoisotopic (exact) mass is 416 g/mol. The first-order valence-corrected chi connectivity index (χ1v) is 11.5. The van der Waals surface area contributed by atoms with E-state index in [2.05, 4.69) is 6.07 Å². The molecule has 4 rings (SSSR count). The lowest BCUT2D eigenvalue weighted by Gasteiger charge is -2.30. The molecule has 0 spiro atoms. The Kier molecular flexibility index (Phi) is 4.68. The highest BCUT2D eigenvalue weighted by Gasteiger charge is 2.31. The summed E-state index contributed by atoms with van der Waals surface area (Å²) in [6.07, 6.45) is 0.809. The second-order valence-corrected chi connectivity index (χ2v) is 10.3. The van der Waals surface area contributed by atoms with Crippen molar-refractivity contribution < 1.29 is 13.2 Å². The quantitative estimate of drug-likeness (QED) is 0.628. The maximum atomic E-state index is 13.2. The second kappa shape index (κ2) is 7.00. The maximum Gasteiger partial charge on any atom is 0.274 e. The number of anilines is 1. The summed E-state index contributed by atoms with van der Waals surface area (Å²) in [7, 11) is -3.64. The number of aryl methyl sites for hydroxylation is 1. The summed E-state index contributed by atoms with van der Waals surface area (Å²) in [5.74, 6) is 0.554. The van der Waals surface area contributed by atoms with Gasteiger partial charge in [-0.1, -0.05) is 6.92 Å². The van der Waals surface area contributed by atoms with E-state index < -0.39 is 10.0 Å². The van der Waals surface area contributed by atoms with Crippen molar-refractivity contribution in [2.24, 2.45) is 0 Å². The molecule has 1 aromatic carbocycles. The van der Waals surface area contributed by atoms with Crippen LogP contribution in [0.25, 0.3) is 10.4 Å². The number of hydrogen-bond donors (Lipinski definition) is 0. The Morgan fingerprint density at radius 3 is 2.74 bits per heavy atom. The summed E-state index contributed by atoms with van der Waals surface area (Å²) in [5, 5.41) is 9.04. The third kappa shape index (κ3) is 3.23. The summed E-state index contributed by atoms with van der Waals surface area (Å²) in [5.41, 5.74) is 1.41. The van der Waals surface area contributed by atoms with Crippen LogP contribution in [0, 0.1) is 11.3 Å². The van der Waals surface area contributed by atoms with Gasteiger partial charge in [-0.3, -0.25) is 4.31 Å². The Hall–Kier alpha value is -2.34. The van der Waals surface area contributed by atoms with Gasteiger partial charge in [0.15, 0.2) is 0 Å². The van der Waals surface area contributed by atoms with Gasteiger partial charge in [0.1, 0.15) is 27.5 Å². The van der Waals surface area contributed by atoms with E-state index in [1.807, 2.05) is 31.2 Å². The van der Waals surface area contributed by atoms with Crippen molar-refractivity contribution in [3.63, 3.8) is 0 Å². The molecule has 0 saturated carbocycles. The van der Waals surface area contributed by atoms with E-state index >= 15 is 0 Å². The largest absolute Gasteiger partial charge is 0.489 e. The fourth-order valence-corrected chi connectivity index (χ4v) is 6.61. The summed E-state index contributed by atoms with van der Waals surface area (Å²) >= 11 is 2.69. The molecule has 0 amide bonds. The SMILES string of the molecule is CCc1ccc(S(=O)(=O)N2CCOc3ccc(-c4ccc(C#N)s4)cc32)s1. The summed E-state index contributed by atoms with van der Waals surface area (Å²) in [4.78, 5) is 2.58. The second-order valence-electron chi connectivity index (χ2n) is 5.96. The maximum absolute atomic E-state index is 13.2. The highest BCUT2D eigenvalue weighted by molar-refractivity contribution is 7.94. The molecular weight excluding hydrogens is 400 g/mol. The van der Waals surface area contributed by atoms with Crippen molar-refractivity contribution in [3.8, 4) is 22.3 Å². The van der Waals surface area contributed by atoms with Gasteiger partial charge in [-0.2, -0.15) is 5.26 Å². The van der Waals surface area contributed by atoms with E-state index in [9.17, 15) is 8.42 Å². The van der Waals surface area contributed by atoms with Gasteiger partial charge in [0.2, 0.25) is 0 Å². The van der Waals surface area contributed by atoms with Gasteiger partial charge >= 0.3 is 0 Å². The van der Waals surface area contributed by atoms with Gasteiger partial charge in [0.25, 0.3) is 10.0 Å². The number of benzene rings is 1. The summed E-state index contributed by atoms with van der Waals surface area (Å²) in [6, 6.07) is 14.8. The third-order valence-electron chi connectivity index (χ3n) is 4.31. The van der Waals surface area contributed by atoms with E-state index in [1.54, 1.807) is 18.2 Å². The Balaban J connectivity index is 1.78. The van der Waals surface area contributed by atoms with E-state index in [1.165, 1.54) is 27.0 Å². The molecule has 138 valence electrons. The van der Waals surface area contributed by atoms with E-state index in [0.29, 0.717) is 27.1 Å². The predicted molar refractivity (Wildman–Crippen MR) is 108 cm³/mol. The first-order chi connectivity index (χ1) is 13.0. The molecule has 0 fully saturated rings. The van der Waals surface area contributed by atoms with Crippen molar-refractivity contribution >= 4 is 38.4 Å². The zero-order valence-corrected chi connectivity index (χ0v) is 17.0. The molecule has 0 saturated heterocycles. The number of thiophene rings is 2. The molecule has 0 bridgehead atoms. The topological polar surface area (TPSA) is 70.4 Å². The van der Waals surface area contributed by atoms with Gasteiger partial charge in [-0.15, -0.1) is 22.7 Å². The molecule has 0 unspecified atom stereocenters. The first kappa shape index (κ1) is 18.0. The van der Waals surface area contributed by atoms with Crippen LogP contribution in [0.4, 0.5) is 5.69 Å². The van der Waals surface area contributed by atoms with Crippen molar-refractivity contribution in [2.45, 2.75) is 17.6 Å². The normalized spacial score (nSPS) is 13.7. The molecule has 1 aliphatic heterocycles. The van der Waals surface area contributed by atoms with Gasteiger partial charge in [0.05, 0.1) is 12.2 Å². The lowest BCUT2D eigenvalue weighted by Crippen LogP contribution is -2.37. The Morgan fingerprint density at radius 1 is 1.19 bits per heavy atom. The molecular formula is C19H16N2O3S3. The fourth-order valence-electron chi connectivity index (χ4n) is 2.94. The van der Waals surface area contributed by atoms with Crippen LogP contribution in [-0.2, 0) is 16.4 Å². The van der Waals surface area contributed by atoms with E-state index in [0.717, 1.165) is 21.7 Å². The standard InChI is InChI=1S/C19H16N2O3S3/c1-2-14-5-8-19(26-14)27(22,23)21-9-10-24-17-6-3-13(11-16(17)21)18-7-4-15(12-20)25-18/h3-8,11H,2,9-10H2,1H3. The molecule has 5 nitrogen and oxygen atoms in total. The summed E-state index contributed by atoms with van der Waals surface area (Å²) in [6.45, 7) is 2.59. The van der Waals surface area contributed by atoms with E-state index in [4.69, 9.17) is 10.00 Å². The Bertz CT molecular complexity index is 1140. The third-order valence-corrected chi connectivity index (χ3v) is 8.86. The number of nitriles is 1. The number of sulfonamides is 1. The zero-order valence-electron chi connectivity index (χ0n) is 14.5. The van der Waals surface area contributed by atoms with Crippen molar-refractivity contribution in [2.75, 3.05) is 17.5 Å². The summed E-state index contributed by atoms with van der Waals surface area (Å²) < 4.78 is 33.9. The molecule has 8 heteroatoms. The van der Waals surface area contributed by atoms with Crippen molar-refractivity contribution in [3.05, 3.63) is 52.2 Å². The molecule has 1 aliphatic rings. The molecule has 0 radical (unpaired) electrons. The highest BCUT2D eigenvalue weighted by Crippen LogP contribution is 2.40. The van der Waals surface area contributed by atoms with Crippen LogP contribution in [0.1, 0.15) is 16.7 Å². The zero-order chi connectivity index (χ0) is 19.0. The van der Waals surface area contributed by atoms with Crippen LogP contribution in [0.2, 0.25) is 0 Å².